The van der Waals surface area contributed by atoms with Gasteiger partial charge in [-0.15, -0.1) is 0 Å². The first-order valence-corrected chi connectivity index (χ1v) is 10.9. The minimum absolute atomic E-state index is 0.0694. The van der Waals surface area contributed by atoms with Crippen LogP contribution in [0.5, 0.6) is 23.0 Å². The number of hydrogen-bond donors (Lipinski definition) is 0. The molecule has 1 fully saturated rings. The summed E-state index contributed by atoms with van der Waals surface area (Å²) in [5.74, 6) is 2.92. The average molecular weight is 446 g/mol. The highest BCUT2D eigenvalue weighted by molar-refractivity contribution is 5.56. The van der Waals surface area contributed by atoms with Crippen molar-refractivity contribution in [2.45, 2.75) is 18.8 Å². The number of methoxy groups -OCH3 is 1. The standard InChI is InChI=1S/C27H26O6/c1-28-24-14-19(9-11-22(24)30-16-20-6-3-2-4-7-20)8-5-13-29-27(26-17-31-26)21-10-12-23-25(15-21)33-18-32-23/h2-12,14-15,26-27H,13,16-18H2,1H3/b8-5+. The van der Waals surface area contributed by atoms with Gasteiger partial charge in [0.1, 0.15) is 18.8 Å². The molecule has 2 aliphatic rings. The third kappa shape index (κ3) is 5.30. The summed E-state index contributed by atoms with van der Waals surface area (Å²) in [6.07, 6.45) is 3.92. The minimum Gasteiger partial charge on any atom is -0.493 e. The molecule has 3 aromatic rings. The summed E-state index contributed by atoms with van der Waals surface area (Å²) in [4.78, 5) is 0. The molecule has 6 heteroatoms. The fourth-order valence-corrected chi connectivity index (χ4v) is 3.72. The zero-order valence-electron chi connectivity index (χ0n) is 18.4. The van der Waals surface area contributed by atoms with E-state index in [4.69, 9.17) is 28.4 Å². The Bertz CT molecular complexity index is 1110. The Balaban J connectivity index is 1.19. The van der Waals surface area contributed by atoms with Crippen molar-refractivity contribution in [3.63, 3.8) is 0 Å². The van der Waals surface area contributed by atoms with Crippen LogP contribution in [0.4, 0.5) is 0 Å². The topological polar surface area (TPSA) is 58.7 Å². The molecule has 2 unspecified atom stereocenters. The molecule has 1 saturated heterocycles. The minimum atomic E-state index is -0.146. The van der Waals surface area contributed by atoms with Gasteiger partial charge in [0.25, 0.3) is 0 Å². The Hall–Kier alpha value is -3.48. The molecule has 0 amide bonds. The second-order valence-corrected chi connectivity index (χ2v) is 7.83. The van der Waals surface area contributed by atoms with Gasteiger partial charge in [-0.2, -0.15) is 0 Å². The summed E-state index contributed by atoms with van der Waals surface area (Å²) in [5.41, 5.74) is 3.14. The summed E-state index contributed by atoms with van der Waals surface area (Å²) in [7, 11) is 1.65. The number of hydrogen-bond acceptors (Lipinski definition) is 6. The SMILES string of the molecule is COc1cc(/C=C/COC(c2ccc3c(c2)OCO3)C2CO2)ccc1OCc1ccccc1. The summed E-state index contributed by atoms with van der Waals surface area (Å²) >= 11 is 0. The van der Waals surface area contributed by atoms with Gasteiger partial charge in [-0.3, -0.25) is 0 Å². The van der Waals surface area contributed by atoms with E-state index >= 15 is 0 Å². The molecule has 0 radical (unpaired) electrons. The maximum absolute atomic E-state index is 6.14. The summed E-state index contributed by atoms with van der Waals surface area (Å²) < 4.78 is 34.0. The molecule has 0 spiro atoms. The van der Waals surface area contributed by atoms with Crippen LogP contribution in [-0.4, -0.2) is 33.2 Å². The van der Waals surface area contributed by atoms with E-state index in [0.717, 1.165) is 28.2 Å². The van der Waals surface area contributed by atoms with Crippen molar-refractivity contribution in [2.24, 2.45) is 0 Å². The number of rotatable bonds is 10. The summed E-state index contributed by atoms with van der Waals surface area (Å²) in [5, 5.41) is 0. The van der Waals surface area contributed by atoms with E-state index in [9.17, 15) is 0 Å². The van der Waals surface area contributed by atoms with E-state index in [0.29, 0.717) is 31.3 Å². The molecule has 6 nitrogen and oxygen atoms in total. The van der Waals surface area contributed by atoms with Crippen LogP contribution in [-0.2, 0) is 16.1 Å². The van der Waals surface area contributed by atoms with Gasteiger partial charge in [-0.25, -0.2) is 0 Å². The third-order valence-electron chi connectivity index (χ3n) is 5.53. The molecule has 2 atom stereocenters. The lowest BCUT2D eigenvalue weighted by Crippen LogP contribution is -2.11. The fraction of sp³-hybridized carbons (Fsp3) is 0.259. The molecule has 0 bridgehead atoms. The first kappa shape index (κ1) is 21.4. The van der Waals surface area contributed by atoms with Gasteiger partial charge in [-0.1, -0.05) is 54.6 Å². The molecular weight excluding hydrogens is 420 g/mol. The van der Waals surface area contributed by atoms with Gasteiger partial charge in [0.05, 0.1) is 20.3 Å². The van der Waals surface area contributed by atoms with E-state index in [-0.39, 0.29) is 19.0 Å². The van der Waals surface area contributed by atoms with E-state index in [1.54, 1.807) is 7.11 Å². The molecular formula is C27H26O6. The predicted molar refractivity (Wildman–Crippen MR) is 124 cm³/mol. The Morgan fingerprint density at radius 3 is 2.64 bits per heavy atom. The van der Waals surface area contributed by atoms with Crippen LogP contribution in [0.25, 0.3) is 6.08 Å². The molecule has 2 aliphatic heterocycles. The van der Waals surface area contributed by atoms with Crippen LogP contribution in [0.2, 0.25) is 0 Å². The number of fused-ring (bicyclic) bond motifs is 1. The van der Waals surface area contributed by atoms with Crippen molar-refractivity contribution in [3.05, 3.63) is 89.5 Å². The Morgan fingerprint density at radius 2 is 1.82 bits per heavy atom. The molecule has 0 aliphatic carbocycles. The second kappa shape index (κ2) is 9.98. The third-order valence-corrected chi connectivity index (χ3v) is 5.53. The fourth-order valence-electron chi connectivity index (χ4n) is 3.72. The van der Waals surface area contributed by atoms with Gasteiger partial charge in [0.2, 0.25) is 6.79 Å². The Kier molecular flexibility index (Phi) is 6.46. The monoisotopic (exact) mass is 446 g/mol. The first-order chi connectivity index (χ1) is 16.3. The maximum atomic E-state index is 6.14. The Morgan fingerprint density at radius 1 is 0.970 bits per heavy atom. The van der Waals surface area contributed by atoms with Gasteiger partial charge in [-0.05, 0) is 41.0 Å². The van der Waals surface area contributed by atoms with E-state index in [2.05, 4.69) is 0 Å². The highest BCUT2D eigenvalue weighted by Gasteiger charge is 2.35. The van der Waals surface area contributed by atoms with Crippen molar-refractivity contribution in [3.8, 4) is 23.0 Å². The smallest absolute Gasteiger partial charge is 0.231 e. The van der Waals surface area contributed by atoms with Gasteiger partial charge < -0.3 is 28.4 Å². The van der Waals surface area contributed by atoms with Crippen molar-refractivity contribution in [1.29, 1.82) is 0 Å². The quantitative estimate of drug-likeness (QED) is 0.401. The molecule has 0 N–H and O–H groups in total. The van der Waals surface area contributed by atoms with Gasteiger partial charge in [0.15, 0.2) is 23.0 Å². The number of benzene rings is 3. The van der Waals surface area contributed by atoms with Gasteiger partial charge in [0, 0.05) is 0 Å². The summed E-state index contributed by atoms with van der Waals surface area (Å²) in [6, 6.07) is 21.8. The molecule has 5 rings (SSSR count). The lowest BCUT2D eigenvalue weighted by Gasteiger charge is -2.15. The lowest BCUT2D eigenvalue weighted by atomic mass is 10.1. The molecule has 0 aromatic heterocycles. The molecule has 0 saturated carbocycles. The number of epoxide rings is 1. The van der Waals surface area contributed by atoms with Crippen molar-refractivity contribution in [2.75, 3.05) is 27.1 Å². The first-order valence-electron chi connectivity index (χ1n) is 10.9. The predicted octanol–water partition coefficient (Wildman–Crippen LogP) is 5.17. The van der Waals surface area contributed by atoms with Gasteiger partial charge >= 0.3 is 0 Å². The maximum Gasteiger partial charge on any atom is 0.231 e. The normalized spacial score (nSPS) is 17.2. The van der Waals surface area contributed by atoms with Crippen molar-refractivity contribution in [1.82, 2.24) is 0 Å². The summed E-state index contributed by atoms with van der Waals surface area (Å²) in [6.45, 7) is 1.90. The zero-order chi connectivity index (χ0) is 22.5. The van der Waals surface area contributed by atoms with Crippen molar-refractivity contribution < 1.29 is 28.4 Å². The second-order valence-electron chi connectivity index (χ2n) is 7.83. The average Bonchev–Trinajstić information content (AvgIpc) is 3.59. The van der Waals surface area contributed by atoms with E-state index in [1.807, 2.05) is 78.9 Å². The highest BCUT2D eigenvalue weighted by Crippen LogP contribution is 2.38. The number of ether oxygens (including phenoxy) is 6. The van der Waals surface area contributed by atoms with Crippen LogP contribution in [0, 0.1) is 0 Å². The molecule has 33 heavy (non-hydrogen) atoms. The molecule has 3 aromatic carbocycles. The molecule has 170 valence electrons. The van der Waals surface area contributed by atoms with Crippen LogP contribution in [0.15, 0.2) is 72.8 Å². The lowest BCUT2D eigenvalue weighted by molar-refractivity contribution is 0.0510. The van der Waals surface area contributed by atoms with Crippen LogP contribution in [0.1, 0.15) is 22.8 Å². The van der Waals surface area contributed by atoms with Crippen molar-refractivity contribution >= 4 is 6.08 Å². The zero-order valence-corrected chi connectivity index (χ0v) is 18.4. The van der Waals surface area contributed by atoms with Crippen LogP contribution < -0.4 is 18.9 Å². The Labute approximate surface area is 193 Å². The van der Waals surface area contributed by atoms with E-state index in [1.165, 1.54) is 0 Å². The molecule has 2 heterocycles. The van der Waals surface area contributed by atoms with E-state index < -0.39 is 0 Å². The largest absolute Gasteiger partial charge is 0.493 e. The van der Waals surface area contributed by atoms with Crippen LogP contribution >= 0.6 is 0 Å². The highest BCUT2D eigenvalue weighted by atomic mass is 16.7. The van der Waals surface area contributed by atoms with Crippen LogP contribution in [0.3, 0.4) is 0 Å².